The van der Waals surface area contributed by atoms with Crippen molar-refractivity contribution < 1.29 is 22.7 Å². The van der Waals surface area contributed by atoms with Crippen molar-refractivity contribution in [3.05, 3.63) is 23.4 Å². The molecular weight excluding hydrogens is 287 g/mol. The maximum atomic E-state index is 12.7. The van der Waals surface area contributed by atoms with Crippen LogP contribution >= 0.6 is 0 Å². The Labute approximate surface area is 119 Å². The second-order valence-corrected chi connectivity index (χ2v) is 4.17. The Morgan fingerprint density at radius 3 is 2.62 bits per heavy atom. The lowest BCUT2D eigenvalue weighted by atomic mass is 10.2. The molecule has 21 heavy (non-hydrogen) atoms. The van der Waals surface area contributed by atoms with Crippen molar-refractivity contribution in [2.75, 3.05) is 25.1 Å². The molecule has 0 aromatic carbocycles. The van der Waals surface area contributed by atoms with Crippen LogP contribution in [0.25, 0.3) is 0 Å². The zero-order chi connectivity index (χ0) is 16.0. The molecule has 1 heterocycles. The lowest BCUT2D eigenvalue weighted by molar-refractivity contribution is -0.141. The van der Waals surface area contributed by atoms with Crippen LogP contribution < -0.4 is 4.90 Å². The van der Waals surface area contributed by atoms with E-state index in [1.54, 1.807) is 13.0 Å². The van der Waals surface area contributed by atoms with Gasteiger partial charge in [0, 0.05) is 6.54 Å². The second-order valence-electron chi connectivity index (χ2n) is 4.17. The molecule has 8 heteroatoms. The van der Waals surface area contributed by atoms with Gasteiger partial charge in [-0.25, -0.2) is 4.98 Å². The van der Waals surface area contributed by atoms with Gasteiger partial charge in [-0.2, -0.15) is 18.4 Å². The molecule has 0 spiro atoms. The lowest BCUT2D eigenvalue weighted by Crippen LogP contribution is -2.33. The summed E-state index contributed by atoms with van der Waals surface area (Å²) in [5.74, 6) is -0.786. The van der Waals surface area contributed by atoms with E-state index in [9.17, 15) is 18.0 Å². The summed E-state index contributed by atoms with van der Waals surface area (Å²) in [6.45, 7) is 1.80. The van der Waals surface area contributed by atoms with E-state index in [0.717, 1.165) is 12.1 Å². The molecule has 0 amide bonds. The van der Waals surface area contributed by atoms with Crippen LogP contribution in [-0.4, -0.2) is 31.2 Å². The van der Waals surface area contributed by atoms with Crippen LogP contribution in [0.2, 0.25) is 0 Å². The molecule has 0 saturated carbocycles. The highest BCUT2D eigenvalue weighted by Gasteiger charge is 2.33. The minimum absolute atomic E-state index is 0.0275. The monoisotopic (exact) mass is 301 g/mol. The predicted octanol–water partition coefficient (Wildman–Crippen LogP) is 2.36. The number of ether oxygens (including phenoxy) is 1. The third kappa shape index (κ3) is 4.34. The summed E-state index contributed by atoms with van der Waals surface area (Å²) in [6.07, 6.45) is -4.05. The number of pyridine rings is 1. The molecule has 0 saturated heterocycles. The molecule has 0 radical (unpaired) electrons. The summed E-state index contributed by atoms with van der Waals surface area (Å²) in [4.78, 5) is 16.2. The van der Waals surface area contributed by atoms with E-state index in [-0.39, 0.29) is 24.5 Å². The number of hydrogen-bond acceptors (Lipinski definition) is 5. The van der Waals surface area contributed by atoms with Gasteiger partial charge in [0.1, 0.15) is 24.1 Å². The van der Waals surface area contributed by atoms with E-state index < -0.39 is 17.8 Å². The quantitative estimate of drug-likeness (QED) is 0.781. The zero-order valence-electron chi connectivity index (χ0n) is 11.6. The molecule has 1 rings (SSSR count). The Hall–Kier alpha value is -2.30. The normalized spacial score (nSPS) is 10.9. The third-order valence-corrected chi connectivity index (χ3v) is 2.63. The van der Waals surface area contributed by atoms with Gasteiger partial charge in [-0.3, -0.25) is 4.79 Å². The number of alkyl halides is 3. The SMILES string of the molecule is CCCN(CC(=O)OC)c1nc(C(F)(F)F)ccc1C#N. The van der Waals surface area contributed by atoms with Gasteiger partial charge < -0.3 is 9.64 Å². The summed E-state index contributed by atoms with van der Waals surface area (Å²) in [5, 5.41) is 9.01. The van der Waals surface area contributed by atoms with Gasteiger partial charge in [0.05, 0.1) is 12.7 Å². The van der Waals surface area contributed by atoms with Gasteiger partial charge in [0.2, 0.25) is 0 Å². The molecule has 114 valence electrons. The van der Waals surface area contributed by atoms with Crippen molar-refractivity contribution in [3.8, 4) is 6.07 Å². The molecule has 0 unspecified atom stereocenters. The molecule has 0 aliphatic rings. The molecular formula is C13H14F3N3O2. The highest BCUT2D eigenvalue weighted by Crippen LogP contribution is 2.30. The smallest absolute Gasteiger partial charge is 0.433 e. The first-order chi connectivity index (χ1) is 9.83. The predicted molar refractivity (Wildman–Crippen MR) is 68.5 cm³/mol. The molecule has 0 aliphatic heterocycles. The number of nitrogens with zero attached hydrogens (tertiary/aromatic N) is 3. The summed E-state index contributed by atoms with van der Waals surface area (Å²) >= 11 is 0. The minimum Gasteiger partial charge on any atom is -0.468 e. The number of anilines is 1. The molecule has 0 fully saturated rings. The lowest BCUT2D eigenvalue weighted by Gasteiger charge is -2.23. The highest BCUT2D eigenvalue weighted by atomic mass is 19.4. The molecule has 0 N–H and O–H groups in total. The fourth-order valence-corrected chi connectivity index (χ4v) is 1.68. The van der Waals surface area contributed by atoms with Crippen LogP contribution in [0.4, 0.5) is 19.0 Å². The number of esters is 1. The van der Waals surface area contributed by atoms with Crippen LogP contribution in [0.3, 0.4) is 0 Å². The van der Waals surface area contributed by atoms with Crippen molar-refractivity contribution in [2.45, 2.75) is 19.5 Å². The number of rotatable bonds is 5. The number of nitriles is 1. The number of halogens is 3. The average molecular weight is 301 g/mol. The number of hydrogen-bond donors (Lipinski definition) is 0. The van der Waals surface area contributed by atoms with Crippen molar-refractivity contribution in [1.29, 1.82) is 5.26 Å². The Balaban J connectivity index is 3.27. The topological polar surface area (TPSA) is 66.2 Å². The molecule has 0 aliphatic carbocycles. The molecule has 5 nitrogen and oxygen atoms in total. The first-order valence-electron chi connectivity index (χ1n) is 6.13. The van der Waals surface area contributed by atoms with Crippen LogP contribution in [0, 0.1) is 11.3 Å². The maximum Gasteiger partial charge on any atom is 0.433 e. The Morgan fingerprint density at radius 2 is 2.14 bits per heavy atom. The molecule has 0 bridgehead atoms. The Kier molecular flexibility index (Phi) is 5.52. The van der Waals surface area contributed by atoms with Gasteiger partial charge in [0.25, 0.3) is 0 Å². The van der Waals surface area contributed by atoms with E-state index in [1.165, 1.54) is 12.0 Å². The summed E-state index contributed by atoms with van der Waals surface area (Å²) in [5.41, 5.74) is -1.14. The molecule has 1 aromatic heterocycles. The summed E-state index contributed by atoms with van der Waals surface area (Å²) in [7, 11) is 1.18. The highest BCUT2D eigenvalue weighted by molar-refractivity contribution is 5.76. The van der Waals surface area contributed by atoms with Gasteiger partial charge in [0.15, 0.2) is 0 Å². The third-order valence-electron chi connectivity index (χ3n) is 2.63. The van der Waals surface area contributed by atoms with Crippen LogP contribution in [0.1, 0.15) is 24.6 Å². The van der Waals surface area contributed by atoms with Crippen LogP contribution in [-0.2, 0) is 15.7 Å². The number of carbonyl (C=O) groups is 1. The largest absolute Gasteiger partial charge is 0.468 e. The van der Waals surface area contributed by atoms with Crippen molar-refractivity contribution >= 4 is 11.8 Å². The maximum absolute atomic E-state index is 12.7. The Bertz CT molecular complexity index is 553. The zero-order valence-corrected chi connectivity index (χ0v) is 11.6. The summed E-state index contributed by atoms with van der Waals surface area (Å²) < 4.78 is 42.7. The van der Waals surface area contributed by atoms with Crippen LogP contribution in [0.15, 0.2) is 12.1 Å². The van der Waals surface area contributed by atoms with E-state index in [2.05, 4.69) is 9.72 Å². The first-order valence-corrected chi connectivity index (χ1v) is 6.13. The van der Waals surface area contributed by atoms with Gasteiger partial charge >= 0.3 is 12.1 Å². The standard InChI is InChI=1S/C13H14F3N3O2/c1-3-6-19(8-11(20)21-2)12-9(7-17)4-5-10(18-12)13(14,15)16/h4-5H,3,6,8H2,1-2H3. The number of methoxy groups -OCH3 is 1. The second kappa shape index (κ2) is 6.92. The van der Waals surface area contributed by atoms with Crippen LogP contribution in [0.5, 0.6) is 0 Å². The van der Waals surface area contributed by atoms with E-state index in [0.29, 0.717) is 6.42 Å². The fraction of sp³-hybridized carbons (Fsp3) is 0.462. The van der Waals surface area contributed by atoms with Crippen molar-refractivity contribution in [2.24, 2.45) is 0 Å². The van der Waals surface area contributed by atoms with Gasteiger partial charge in [-0.1, -0.05) is 6.92 Å². The van der Waals surface area contributed by atoms with E-state index >= 15 is 0 Å². The van der Waals surface area contributed by atoms with Gasteiger partial charge in [-0.05, 0) is 18.6 Å². The molecule has 0 atom stereocenters. The molecule has 1 aromatic rings. The first kappa shape index (κ1) is 16.8. The van der Waals surface area contributed by atoms with Crippen molar-refractivity contribution in [3.63, 3.8) is 0 Å². The average Bonchev–Trinajstić information content (AvgIpc) is 2.44. The minimum atomic E-state index is -4.62. The number of carbonyl (C=O) groups excluding carboxylic acids is 1. The fourth-order valence-electron chi connectivity index (χ4n) is 1.68. The number of aromatic nitrogens is 1. The van der Waals surface area contributed by atoms with E-state index in [4.69, 9.17) is 5.26 Å². The van der Waals surface area contributed by atoms with Crippen molar-refractivity contribution in [1.82, 2.24) is 4.98 Å². The Morgan fingerprint density at radius 1 is 1.48 bits per heavy atom. The van der Waals surface area contributed by atoms with E-state index in [1.807, 2.05) is 0 Å². The summed E-state index contributed by atoms with van der Waals surface area (Å²) in [6, 6.07) is 3.57. The van der Waals surface area contributed by atoms with Gasteiger partial charge in [-0.15, -0.1) is 0 Å².